The van der Waals surface area contributed by atoms with Crippen LogP contribution in [0.2, 0.25) is 10.0 Å². The van der Waals surface area contributed by atoms with Crippen molar-refractivity contribution in [1.82, 2.24) is 5.32 Å². The second kappa shape index (κ2) is 9.89. The van der Waals surface area contributed by atoms with E-state index in [4.69, 9.17) is 32.7 Å². The van der Waals surface area contributed by atoms with E-state index < -0.39 is 0 Å². The van der Waals surface area contributed by atoms with Crippen molar-refractivity contribution in [1.29, 1.82) is 0 Å². The molecule has 23 heavy (non-hydrogen) atoms. The molecule has 0 fully saturated rings. The summed E-state index contributed by atoms with van der Waals surface area (Å²) in [5.74, 6) is 1.49. The van der Waals surface area contributed by atoms with Crippen LogP contribution < -0.4 is 14.8 Å². The Bertz CT molecular complexity index is 635. The summed E-state index contributed by atoms with van der Waals surface area (Å²) in [7, 11) is 3.28. The molecule has 2 aromatic carbocycles. The molecule has 0 aliphatic heterocycles. The molecular formula is C17H20Cl3NO2. The van der Waals surface area contributed by atoms with Crippen molar-refractivity contribution in [3.05, 3.63) is 57.6 Å². The standard InChI is InChI=1S/C17H19Cl2NO2.ClH/c1-21-16-6-3-12(9-17(16)22-2)7-8-20-11-13-4-5-14(18)10-15(13)19;/h3-6,9-10,20H,7-8,11H2,1-2H3;1H. The fraction of sp³-hybridized carbons (Fsp3) is 0.294. The van der Waals surface area contributed by atoms with Gasteiger partial charge in [-0.2, -0.15) is 0 Å². The van der Waals surface area contributed by atoms with Gasteiger partial charge < -0.3 is 14.8 Å². The van der Waals surface area contributed by atoms with Crippen LogP contribution in [0.5, 0.6) is 11.5 Å². The van der Waals surface area contributed by atoms with Gasteiger partial charge >= 0.3 is 0 Å². The first kappa shape index (κ1) is 19.9. The van der Waals surface area contributed by atoms with E-state index in [2.05, 4.69) is 5.32 Å². The molecule has 0 aliphatic carbocycles. The van der Waals surface area contributed by atoms with Gasteiger partial charge in [0, 0.05) is 16.6 Å². The van der Waals surface area contributed by atoms with E-state index in [0.717, 1.165) is 30.0 Å². The molecule has 0 saturated carbocycles. The Labute approximate surface area is 153 Å². The van der Waals surface area contributed by atoms with Crippen molar-refractivity contribution in [2.45, 2.75) is 13.0 Å². The Hall–Kier alpha value is -1.13. The van der Waals surface area contributed by atoms with Crippen molar-refractivity contribution in [2.75, 3.05) is 20.8 Å². The maximum absolute atomic E-state index is 6.14. The second-order valence-electron chi connectivity index (χ2n) is 4.85. The number of halogens is 3. The molecule has 3 nitrogen and oxygen atoms in total. The minimum Gasteiger partial charge on any atom is -0.493 e. The van der Waals surface area contributed by atoms with E-state index in [0.29, 0.717) is 16.6 Å². The average Bonchev–Trinajstić information content (AvgIpc) is 2.53. The quantitative estimate of drug-likeness (QED) is 0.706. The number of methoxy groups -OCH3 is 2. The third-order valence-corrected chi connectivity index (χ3v) is 3.96. The van der Waals surface area contributed by atoms with Gasteiger partial charge in [0.05, 0.1) is 14.2 Å². The highest BCUT2D eigenvalue weighted by Crippen LogP contribution is 2.27. The normalized spacial score (nSPS) is 10.1. The summed E-state index contributed by atoms with van der Waals surface area (Å²) in [6, 6.07) is 11.5. The summed E-state index contributed by atoms with van der Waals surface area (Å²) in [6.07, 6.45) is 0.894. The highest BCUT2D eigenvalue weighted by atomic mass is 35.5. The molecule has 0 saturated heterocycles. The maximum atomic E-state index is 6.14. The van der Waals surface area contributed by atoms with Crippen LogP contribution in [0.25, 0.3) is 0 Å². The lowest BCUT2D eigenvalue weighted by atomic mass is 10.1. The zero-order chi connectivity index (χ0) is 15.9. The summed E-state index contributed by atoms with van der Waals surface area (Å²) in [6.45, 7) is 1.55. The number of rotatable bonds is 7. The number of hydrogen-bond donors (Lipinski definition) is 1. The first-order valence-corrected chi connectivity index (χ1v) is 7.75. The molecule has 0 unspecified atom stereocenters. The molecule has 0 aliphatic rings. The van der Waals surface area contributed by atoms with E-state index in [1.54, 1.807) is 20.3 Å². The third-order valence-electron chi connectivity index (χ3n) is 3.37. The van der Waals surface area contributed by atoms with Crippen LogP contribution in [0.15, 0.2) is 36.4 Å². The van der Waals surface area contributed by atoms with E-state index in [-0.39, 0.29) is 12.4 Å². The zero-order valence-corrected chi connectivity index (χ0v) is 15.4. The summed E-state index contributed by atoms with van der Waals surface area (Å²) >= 11 is 12.0. The summed E-state index contributed by atoms with van der Waals surface area (Å²) in [4.78, 5) is 0. The molecule has 6 heteroatoms. The molecule has 0 atom stereocenters. The molecule has 1 N–H and O–H groups in total. The van der Waals surface area contributed by atoms with Crippen LogP contribution >= 0.6 is 35.6 Å². The van der Waals surface area contributed by atoms with Gasteiger partial charge in [-0.3, -0.25) is 0 Å². The minimum atomic E-state index is 0. The van der Waals surface area contributed by atoms with E-state index in [9.17, 15) is 0 Å². The second-order valence-corrected chi connectivity index (χ2v) is 5.70. The predicted octanol–water partition coefficient (Wildman–Crippen LogP) is 4.76. The Morgan fingerprint density at radius 1 is 0.957 bits per heavy atom. The zero-order valence-electron chi connectivity index (χ0n) is 13.1. The van der Waals surface area contributed by atoms with Gasteiger partial charge in [0.1, 0.15) is 0 Å². The molecule has 0 spiro atoms. The topological polar surface area (TPSA) is 30.5 Å². The molecule has 0 amide bonds. The smallest absolute Gasteiger partial charge is 0.160 e. The van der Waals surface area contributed by atoms with Crippen molar-refractivity contribution < 1.29 is 9.47 Å². The molecule has 0 aromatic heterocycles. The Morgan fingerprint density at radius 3 is 2.35 bits per heavy atom. The molecule has 126 valence electrons. The lowest BCUT2D eigenvalue weighted by molar-refractivity contribution is 0.354. The number of hydrogen-bond acceptors (Lipinski definition) is 3. The Morgan fingerprint density at radius 2 is 1.70 bits per heavy atom. The first-order chi connectivity index (χ1) is 10.6. The number of nitrogens with one attached hydrogen (secondary N) is 1. The Kier molecular flexibility index (Phi) is 8.56. The van der Waals surface area contributed by atoms with Crippen molar-refractivity contribution in [3.8, 4) is 11.5 Å². The Balaban J connectivity index is 0.00000264. The van der Waals surface area contributed by atoms with Crippen molar-refractivity contribution in [2.24, 2.45) is 0 Å². The van der Waals surface area contributed by atoms with Crippen LogP contribution in [-0.4, -0.2) is 20.8 Å². The highest BCUT2D eigenvalue weighted by Gasteiger charge is 2.05. The average molecular weight is 377 g/mol. The molecule has 0 radical (unpaired) electrons. The van der Waals surface area contributed by atoms with Crippen LogP contribution in [0.3, 0.4) is 0 Å². The van der Waals surface area contributed by atoms with Gasteiger partial charge in [0.2, 0.25) is 0 Å². The van der Waals surface area contributed by atoms with Gasteiger partial charge in [-0.05, 0) is 48.4 Å². The van der Waals surface area contributed by atoms with Crippen LogP contribution in [-0.2, 0) is 13.0 Å². The van der Waals surface area contributed by atoms with Gasteiger partial charge in [-0.15, -0.1) is 12.4 Å². The summed E-state index contributed by atoms with van der Waals surface area (Å²) in [5, 5.41) is 4.72. The largest absolute Gasteiger partial charge is 0.493 e. The summed E-state index contributed by atoms with van der Waals surface area (Å²) in [5.41, 5.74) is 2.23. The molecule has 0 heterocycles. The maximum Gasteiger partial charge on any atom is 0.160 e. The molecular weight excluding hydrogens is 357 g/mol. The van der Waals surface area contributed by atoms with E-state index in [1.807, 2.05) is 30.3 Å². The van der Waals surface area contributed by atoms with Crippen molar-refractivity contribution >= 4 is 35.6 Å². The fourth-order valence-corrected chi connectivity index (χ4v) is 2.63. The van der Waals surface area contributed by atoms with Gasteiger partial charge in [0.25, 0.3) is 0 Å². The molecule has 2 aromatic rings. The highest BCUT2D eigenvalue weighted by molar-refractivity contribution is 6.35. The minimum absolute atomic E-state index is 0. The third kappa shape index (κ3) is 5.78. The first-order valence-electron chi connectivity index (χ1n) is 6.99. The number of ether oxygens (including phenoxy) is 2. The SMILES string of the molecule is COc1ccc(CCNCc2ccc(Cl)cc2Cl)cc1OC.Cl. The van der Waals surface area contributed by atoms with E-state index >= 15 is 0 Å². The monoisotopic (exact) mass is 375 g/mol. The van der Waals surface area contributed by atoms with E-state index in [1.165, 1.54) is 5.56 Å². The molecule has 2 rings (SSSR count). The predicted molar refractivity (Wildman–Crippen MR) is 98.7 cm³/mol. The number of benzene rings is 2. The summed E-state index contributed by atoms with van der Waals surface area (Å²) < 4.78 is 10.5. The van der Waals surface area contributed by atoms with Crippen molar-refractivity contribution in [3.63, 3.8) is 0 Å². The molecule has 0 bridgehead atoms. The van der Waals surface area contributed by atoms with Gasteiger partial charge in [-0.1, -0.05) is 35.3 Å². The lowest BCUT2D eigenvalue weighted by Crippen LogP contribution is -2.17. The van der Waals surface area contributed by atoms with Gasteiger partial charge in [0.15, 0.2) is 11.5 Å². The van der Waals surface area contributed by atoms with Gasteiger partial charge in [-0.25, -0.2) is 0 Å². The van der Waals surface area contributed by atoms with Crippen LogP contribution in [0.4, 0.5) is 0 Å². The van der Waals surface area contributed by atoms with Crippen LogP contribution in [0, 0.1) is 0 Å². The fourth-order valence-electron chi connectivity index (χ4n) is 2.16. The lowest BCUT2D eigenvalue weighted by Gasteiger charge is -2.10. The van der Waals surface area contributed by atoms with Crippen LogP contribution in [0.1, 0.15) is 11.1 Å².